The maximum atomic E-state index is 13.4. The number of carbonyl (C=O) groups is 3. The molecule has 0 bridgehead atoms. The van der Waals surface area contributed by atoms with Crippen LogP contribution >= 0.6 is 15.9 Å². The number of hydrogen-bond donors (Lipinski definition) is 4. The van der Waals surface area contributed by atoms with Gasteiger partial charge in [-0.3, -0.25) is 19.4 Å². The van der Waals surface area contributed by atoms with Crippen LogP contribution in [-0.4, -0.2) is 47.1 Å². The number of aromatic nitrogens is 2. The molecule has 0 unspecified atom stereocenters. The number of aromatic amines is 1. The number of nitrogens with one attached hydrogen (secondary N) is 3. The van der Waals surface area contributed by atoms with Crippen LogP contribution in [0.2, 0.25) is 0 Å². The lowest BCUT2D eigenvalue weighted by Crippen LogP contribution is -2.50. The first-order valence-electron chi connectivity index (χ1n) is 15.6. The van der Waals surface area contributed by atoms with Gasteiger partial charge in [0.25, 0.3) is 5.56 Å². The molecule has 0 saturated heterocycles. The second-order valence-corrected chi connectivity index (χ2v) is 12.6. The lowest BCUT2D eigenvalue weighted by atomic mass is 9.81. The minimum absolute atomic E-state index is 0.0577. The Hall–Kier alpha value is -4.03. The third-order valence-electron chi connectivity index (χ3n) is 8.32. The zero-order chi connectivity index (χ0) is 33.1. The van der Waals surface area contributed by atoms with Gasteiger partial charge < -0.3 is 30.8 Å². The molecule has 12 heteroatoms. The predicted octanol–water partition coefficient (Wildman–Crippen LogP) is 4.41. The zero-order valence-corrected chi connectivity index (χ0v) is 27.9. The number of amides is 2. The molecule has 46 heavy (non-hydrogen) atoms. The van der Waals surface area contributed by atoms with E-state index >= 15 is 0 Å². The smallest absolute Gasteiger partial charge is 0.429 e. The molecule has 1 atom stereocenters. The molecule has 4 rings (SSSR count). The summed E-state index contributed by atoms with van der Waals surface area (Å²) in [4.78, 5) is 57.9. The molecular formula is C34H42BrN5O6. The van der Waals surface area contributed by atoms with E-state index in [0.29, 0.717) is 43.3 Å². The monoisotopic (exact) mass is 695 g/mol. The van der Waals surface area contributed by atoms with Gasteiger partial charge in [0.1, 0.15) is 24.1 Å². The van der Waals surface area contributed by atoms with Gasteiger partial charge in [0, 0.05) is 34.6 Å². The van der Waals surface area contributed by atoms with Crippen LogP contribution in [0.1, 0.15) is 60.3 Å². The van der Waals surface area contributed by atoms with Crippen molar-refractivity contribution in [3.05, 3.63) is 91.6 Å². The fourth-order valence-electron chi connectivity index (χ4n) is 5.50. The van der Waals surface area contributed by atoms with E-state index in [-0.39, 0.29) is 36.3 Å². The Kier molecular flexibility index (Phi) is 12.9. The van der Waals surface area contributed by atoms with E-state index in [9.17, 15) is 19.2 Å². The number of aryl methyl sites for hydroxylation is 3. The van der Waals surface area contributed by atoms with E-state index in [1.54, 1.807) is 31.2 Å². The highest BCUT2D eigenvalue weighted by atomic mass is 79.9. The summed E-state index contributed by atoms with van der Waals surface area (Å²) in [7, 11) is 0. The fourth-order valence-corrected chi connectivity index (χ4v) is 5.90. The first-order chi connectivity index (χ1) is 22.1. The van der Waals surface area contributed by atoms with Crippen LogP contribution < -0.4 is 26.7 Å². The van der Waals surface area contributed by atoms with Gasteiger partial charge in [-0.15, -0.1) is 0 Å². The minimum Gasteiger partial charge on any atom is -0.429 e. The maximum absolute atomic E-state index is 13.4. The van der Waals surface area contributed by atoms with Gasteiger partial charge in [0.05, 0.1) is 5.69 Å². The van der Waals surface area contributed by atoms with Gasteiger partial charge >= 0.3 is 6.16 Å². The van der Waals surface area contributed by atoms with Crippen molar-refractivity contribution in [3.8, 4) is 5.75 Å². The standard InChI is InChI=1S/C34H42BrN5O6/c1-21-29(39-31(41)22(2)38-21)8-5-17-37-33(43)30(40-32(42)25-13-9-24(19-36)10-14-25)18-23-11-15-27(16-12-23)46-34(44)45-20-26-6-3-4-7-28(26)35/h3-4,6-7,11-12,15-16,24-25,30H,5,8-10,13-14,17-20,36H2,1-2H3,(H,37,43)(H,39,41)(H,40,42)/t24?,25?,30-/m0/s1. The zero-order valence-electron chi connectivity index (χ0n) is 26.3. The molecule has 5 N–H and O–H groups in total. The number of rotatable bonds is 13. The number of hydrogen-bond acceptors (Lipinski definition) is 8. The van der Waals surface area contributed by atoms with Crippen molar-refractivity contribution in [3.63, 3.8) is 0 Å². The molecule has 0 spiro atoms. The fraction of sp³-hybridized carbons (Fsp3) is 0.441. The molecule has 1 aromatic heterocycles. The summed E-state index contributed by atoms with van der Waals surface area (Å²) in [5.74, 6) is 0.130. The van der Waals surface area contributed by atoms with Crippen molar-refractivity contribution in [2.45, 2.75) is 71.4 Å². The average Bonchev–Trinajstić information content (AvgIpc) is 3.05. The highest BCUT2D eigenvalue weighted by Gasteiger charge is 2.29. The highest BCUT2D eigenvalue weighted by molar-refractivity contribution is 9.10. The van der Waals surface area contributed by atoms with Gasteiger partial charge in [0.15, 0.2) is 0 Å². The molecule has 1 saturated carbocycles. The molecule has 1 fully saturated rings. The highest BCUT2D eigenvalue weighted by Crippen LogP contribution is 2.28. The average molecular weight is 697 g/mol. The number of H-pyrrole nitrogens is 1. The van der Waals surface area contributed by atoms with Crippen molar-refractivity contribution >= 4 is 33.9 Å². The van der Waals surface area contributed by atoms with Crippen LogP contribution in [0.15, 0.2) is 57.8 Å². The Morgan fingerprint density at radius 1 is 1.04 bits per heavy atom. The van der Waals surface area contributed by atoms with Crippen molar-refractivity contribution in [1.82, 2.24) is 20.6 Å². The molecule has 11 nitrogen and oxygen atoms in total. The number of nitrogens with zero attached hydrogens (tertiary/aromatic N) is 1. The molecule has 3 aromatic rings. The van der Waals surface area contributed by atoms with Gasteiger partial charge in [-0.1, -0.05) is 46.3 Å². The molecule has 0 radical (unpaired) electrons. The summed E-state index contributed by atoms with van der Waals surface area (Å²) in [5.41, 5.74) is 9.10. The van der Waals surface area contributed by atoms with Crippen LogP contribution in [0.4, 0.5) is 4.79 Å². The molecule has 2 aromatic carbocycles. The molecule has 1 aliphatic rings. The minimum atomic E-state index is -0.835. The van der Waals surface area contributed by atoms with Crippen LogP contribution in [0.5, 0.6) is 5.75 Å². The second kappa shape index (κ2) is 17.0. The number of benzene rings is 2. The Balaban J connectivity index is 1.34. The van der Waals surface area contributed by atoms with Gasteiger partial charge in [-0.2, -0.15) is 0 Å². The van der Waals surface area contributed by atoms with E-state index in [4.69, 9.17) is 15.2 Å². The van der Waals surface area contributed by atoms with Crippen LogP contribution in [0, 0.1) is 25.7 Å². The molecule has 2 amide bonds. The Morgan fingerprint density at radius 2 is 1.76 bits per heavy atom. The quantitative estimate of drug-likeness (QED) is 0.116. The SMILES string of the molecule is Cc1nc(C)c(=O)[nH]c1CCCNC(=O)[C@H](Cc1ccc(OC(=O)OCc2ccccc2Br)cc1)NC(=O)C1CCC(CN)CC1. The van der Waals surface area contributed by atoms with E-state index in [1.807, 2.05) is 31.2 Å². The van der Waals surface area contributed by atoms with Gasteiger partial charge in [-0.05, 0) is 88.6 Å². The van der Waals surface area contributed by atoms with E-state index in [0.717, 1.165) is 52.7 Å². The number of halogens is 1. The summed E-state index contributed by atoms with van der Waals surface area (Å²) < 4.78 is 11.4. The summed E-state index contributed by atoms with van der Waals surface area (Å²) >= 11 is 3.42. The van der Waals surface area contributed by atoms with E-state index in [1.165, 1.54) is 0 Å². The van der Waals surface area contributed by atoms with Crippen molar-refractivity contribution in [2.24, 2.45) is 17.6 Å². The Labute approximate surface area is 277 Å². The maximum Gasteiger partial charge on any atom is 0.514 e. The summed E-state index contributed by atoms with van der Waals surface area (Å²) in [6, 6.07) is 13.4. The predicted molar refractivity (Wildman–Crippen MR) is 177 cm³/mol. The van der Waals surface area contributed by atoms with Gasteiger partial charge in [0.2, 0.25) is 11.8 Å². The molecular weight excluding hydrogens is 654 g/mol. The third kappa shape index (κ3) is 10.2. The van der Waals surface area contributed by atoms with Crippen LogP contribution in [0.3, 0.4) is 0 Å². The summed E-state index contributed by atoms with van der Waals surface area (Å²) in [6.07, 6.45) is 3.82. The van der Waals surface area contributed by atoms with Gasteiger partial charge in [-0.25, -0.2) is 4.79 Å². The largest absolute Gasteiger partial charge is 0.514 e. The first kappa shape index (κ1) is 34.8. The third-order valence-corrected chi connectivity index (χ3v) is 9.09. The number of carbonyl (C=O) groups excluding carboxylic acids is 3. The Morgan fingerprint density at radius 3 is 2.46 bits per heavy atom. The Bertz CT molecular complexity index is 1550. The van der Waals surface area contributed by atoms with E-state index in [2.05, 4.69) is 36.5 Å². The second-order valence-electron chi connectivity index (χ2n) is 11.7. The molecule has 1 heterocycles. The topological polar surface area (TPSA) is 166 Å². The number of ether oxygens (including phenoxy) is 2. The molecule has 246 valence electrons. The van der Waals surface area contributed by atoms with Crippen LogP contribution in [-0.2, 0) is 33.8 Å². The van der Waals surface area contributed by atoms with Crippen molar-refractivity contribution in [1.29, 1.82) is 0 Å². The normalized spacial score (nSPS) is 16.7. The lowest BCUT2D eigenvalue weighted by molar-refractivity contribution is -0.131. The molecule has 0 aliphatic heterocycles. The van der Waals surface area contributed by atoms with Crippen LogP contribution in [0.25, 0.3) is 0 Å². The first-order valence-corrected chi connectivity index (χ1v) is 16.4. The summed E-state index contributed by atoms with van der Waals surface area (Å²) in [5, 5.41) is 5.92. The van der Waals surface area contributed by atoms with Crippen molar-refractivity contribution in [2.75, 3.05) is 13.1 Å². The van der Waals surface area contributed by atoms with E-state index < -0.39 is 12.2 Å². The number of nitrogens with two attached hydrogens (primary N) is 1. The lowest BCUT2D eigenvalue weighted by Gasteiger charge is -2.28. The summed E-state index contributed by atoms with van der Waals surface area (Å²) in [6.45, 7) is 4.54. The van der Waals surface area contributed by atoms with Crippen molar-refractivity contribution < 1.29 is 23.9 Å². The molecule has 1 aliphatic carbocycles.